The minimum Gasteiger partial charge on any atom is -0.392 e. The van der Waals surface area contributed by atoms with E-state index in [-0.39, 0.29) is 42.6 Å². The number of hydrogen-bond acceptors (Lipinski definition) is 8. The molecule has 0 bridgehead atoms. The fraction of sp³-hybridized carbons (Fsp3) is 0.326. The van der Waals surface area contributed by atoms with Crippen LogP contribution < -0.4 is 10.0 Å². The lowest BCUT2D eigenvalue weighted by Gasteiger charge is -2.43. The fourth-order valence-corrected chi connectivity index (χ4v) is 8.61. The van der Waals surface area contributed by atoms with Gasteiger partial charge >= 0.3 is 0 Å². The molecular formula is C46H51N3O7S. The van der Waals surface area contributed by atoms with Gasteiger partial charge in [-0.05, 0) is 71.0 Å². The summed E-state index contributed by atoms with van der Waals surface area (Å²) in [5.41, 5.74) is 7.35. The van der Waals surface area contributed by atoms with Crippen molar-refractivity contribution in [1.29, 1.82) is 0 Å². The van der Waals surface area contributed by atoms with E-state index in [1.807, 2.05) is 104 Å². The van der Waals surface area contributed by atoms with E-state index in [2.05, 4.69) is 27.9 Å². The van der Waals surface area contributed by atoms with Crippen LogP contribution in [-0.2, 0) is 48.6 Å². The standard InChI is InChI=1S/C46H51N3O7S/c1-32-14-20-41(21-15-32)57(52,53)48-42(27-34-8-4-3-5-9-34)45(51)47-29-36-10-6-11-38(26-36)39-12-7-13-40(28-39)46-55-43(30-49-22-24-54-25-23-49)33(2)44(56-46)37-18-16-35(31-50)17-19-37/h3-21,26,28,33,42-44,46,48,50H,22-25,27,29-31H2,1-2H3,(H,47,51)/t33-,42-,43+,44+,46+/m1/s1. The zero-order valence-corrected chi connectivity index (χ0v) is 33.2. The lowest BCUT2D eigenvalue weighted by Crippen LogP contribution is -2.47. The molecule has 5 aromatic rings. The van der Waals surface area contributed by atoms with Gasteiger partial charge in [0.2, 0.25) is 15.9 Å². The Kier molecular flexibility index (Phi) is 13.3. The number of morpholine rings is 1. The van der Waals surface area contributed by atoms with Gasteiger partial charge < -0.3 is 24.6 Å². The van der Waals surface area contributed by atoms with Gasteiger partial charge in [-0.15, -0.1) is 0 Å². The molecular weight excluding hydrogens is 739 g/mol. The van der Waals surface area contributed by atoms with Crippen LogP contribution in [0.2, 0.25) is 0 Å². The van der Waals surface area contributed by atoms with Crippen molar-refractivity contribution in [3.8, 4) is 11.1 Å². The molecule has 57 heavy (non-hydrogen) atoms. The second-order valence-electron chi connectivity index (χ2n) is 15.0. The Hall–Kier alpha value is -4.72. The van der Waals surface area contributed by atoms with Gasteiger partial charge in [-0.1, -0.05) is 116 Å². The lowest BCUT2D eigenvalue weighted by molar-refractivity contribution is -0.277. The van der Waals surface area contributed by atoms with Crippen molar-refractivity contribution in [2.24, 2.45) is 5.92 Å². The number of nitrogens with zero attached hydrogens (tertiary/aromatic N) is 1. The molecule has 298 valence electrons. The highest BCUT2D eigenvalue weighted by atomic mass is 32.2. The van der Waals surface area contributed by atoms with Gasteiger partial charge in [-0.25, -0.2) is 8.42 Å². The number of aliphatic hydroxyl groups excluding tert-OH is 1. The average molecular weight is 790 g/mol. The molecule has 10 nitrogen and oxygen atoms in total. The van der Waals surface area contributed by atoms with Crippen molar-refractivity contribution in [1.82, 2.24) is 14.9 Å². The number of amides is 1. The smallest absolute Gasteiger partial charge is 0.241 e. The molecule has 5 aromatic carbocycles. The summed E-state index contributed by atoms with van der Waals surface area (Å²) in [6.07, 6.45) is -0.726. The first kappa shape index (κ1) is 40.5. The summed E-state index contributed by atoms with van der Waals surface area (Å²) in [6.45, 7) is 8.15. The monoisotopic (exact) mass is 789 g/mol. The predicted octanol–water partition coefficient (Wildman–Crippen LogP) is 6.48. The van der Waals surface area contributed by atoms with Crippen LogP contribution in [0.1, 0.15) is 52.7 Å². The first-order chi connectivity index (χ1) is 27.6. The van der Waals surface area contributed by atoms with Gasteiger partial charge in [0.15, 0.2) is 6.29 Å². The van der Waals surface area contributed by atoms with E-state index in [1.165, 1.54) is 0 Å². The summed E-state index contributed by atoms with van der Waals surface area (Å²) < 4.78 is 48.5. The van der Waals surface area contributed by atoms with Crippen molar-refractivity contribution >= 4 is 15.9 Å². The molecule has 5 atom stereocenters. The quantitative estimate of drug-likeness (QED) is 0.117. The van der Waals surface area contributed by atoms with Crippen molar-refractivity contribution in [3.63, 3.8) is 0 Å². The molecule has 0 aromatic heterocycles. The SMILES string of the molecule is Cc1ccc(S(=O)(=O)N[C@H](Cc2ccccc2)C(=O)NCc2cccc(-c3cccc([C@H]4O[C@@H](CN5CCOCC5)[C@@H](C)[C@@H](c5ccc(CO)cc5)O4)c3)c2)cc1. The Morgan fingerprint density at radius 1 is 0.789 bits per heavy atom. The minimum atomic E-state index is -3.96. The Labute approximate surface area is 335 Å². The normalized spacial score (nSPS) is 20.8. The molecule has 1 amide bonds. The number of benzene rings is 5. The lowest BCUT2D eigenvalue weighted by atomic mass is 9.89. The maximum atomic E-state index is 13.7. The number of hydrogen-bond donors (Lipinski definition) is 3. The highest BCUT2D eigenvalue weighted by Gasteiger charge is 2.39. The van der Waals surface area contributed by atoms with Crippen molar-refractivity contribution in [2.75, 3.05) is 32.8 Å². The van der Waals surface area contributed by atoms with Gasteiger partial charge in [0.05, 0.1) is 36.9 Å². The van der Waals surface area contributed by atoms with Crippen LogP contribution in [0.4, 0.5) is 0 Å². The third-order valence-corrected chi connectivity index (χ3v) is 12.3. The maximum Gasteiger partial charge on any atom is 0.241 e. The van der Waals surface area contributed by atoms with Crippen LogP contribution in [0.3, 0.4) is 0 Å². The van der Waals surface area contributed by atoms with Crippen LogP contribution in [0.25, 0.3) is 11.1 Å². The second-order valence-corrected chi connectivity index (χ2v) is 16.7. The van der Waals surface area contributed by atoms with E-state index in [1.54, 1.807) is 24.3 Å². The highest BCUT2D eigenvalue weighted by molar-refractivity contribution is 7.89. The third-order valence-electron chi connectivity index (χ3n) is 10.8. The largest absolute Gasteiger partial charge is 0.392 e. The summed E-state index contributed by atoms with van der Waals surface area (Å²) in [6, 6.07) is 38.9. The molecule has 0 spiro atoms. The molecule has 2 aliphatic rings. The van der Waals surface area contributed by atoms with Gasteiger partial charge in [0.1, 0.15) is 6.04 Å². The molecule has 0 saturated carbocycles. The number of rotatable bonds is 14. The Balaban J connectivity index is 1.07. The topological polar surface area (TPSA) is 126 Å². The summed E-state index contributed by atoms with van der Waals surface area (Å²) >= 11 is 0. The molecule has 0 aliphatic carbocycles. The molecule has 2 heterocycles. The molecule has 2 aliphatic heterocycles. The van der Waals surface area contributed by atoms with Crippen LogP contribution in [0.5, 0.6) is 0 Å². The third kappa shape index (κ3) is 10.4. The summed E-state index contributed by atoms with van der Waals surface area (Å²) in [7, 11) is -3.96. The summed E-state index contributed by atoms with van der Waals surface area (Å²) in [5, 5.41) is 12.6. The first-order valence-corrected chi connectivity index (χ1v) is 21.0. The zero-order valence-electron chi connectivity index (χ0n) is 32.4. The van der Waals surface area contributed by atoms with E-state index in [0.717, 1.165) is 64.1 Å². The molecule has 3 N–H and O–H groups in total. The van der Waals surface area contributed by atoms with Crippen LogP contribution >= 0.6 is 0 Å². The van der Waals surface area contributed by atoms with E-state index in [9.17, 15) is 18.3 Å². The Bertz CT molecular complexity index is 2190. The van der Waals surface area contributed by atoms with Crippen LogP contribution in [-0.4, -0.2) is 69.3 Å². The van der Waals surface area contributed by atoms with E-state index in [4.69, 9.17) is 14.2 Å². The van der Waals surface area contributed by atoms with Gasteiger partial charge in [-0.2, -0.15) is 4.72 Å². The number of nitrogens with one attached hydrogen (secondary N) is 2. The number of aryl methyl sites for hydroxylation is 1. The summed E-state index contributed by atoms with van der Waals surface area (Å²) in [5.74, 6) is -0.348. The number of carbonyl (C=O) groups excluding carboxylic acids is 1. The van der Waals surface area contributed by atoms with Crippen molar-refractivity contribution in [3.05, 3.63) is 161 Å². The van der Waals surface area contributed by atoms with E-state index >= 15 is 0 Å². The number of ether oxygens (including phenoxy) is 3. The molecule has 2 saturated heterocycles. The van der Waals surface area contributed by atoms with E-state index in [0.29, 0.717) is 13.2 Å². The predicted molar refractivity (Wildman–Crippen MR) is 219 cm³/mol. The number of aliphatic hydroxyl groups is 1. The first-order valence-electron chi connectivity index (χ1n) is 19.6. The van der Waals surface area contributed by atoms with Crippen molar-refractivity contribution < 1.29 is 32.5 Å². The van der Waals surface area contributed by atoms with E-state index < -0.39 is 28.3 Å². The fourth-order valence-electron chi connectivity index (χ4n) is 7.41. The van der Waals surface area contributed by atoms with Gasteiger partial charge in [-0.3, -0.25) is 9.69 Å². The van der Waals surface area contributed by atoms with Crippen LogP contribution in [0, 0.1) is 12.8 Å². The molecule has 0 unspecified atom stereocenters. The molecule has 0 radical (unpaired) electrons. The maximum absolute atomic E-state index is 13.7. The Morgan fingerprint density at radius 3 is 2.19 bits per heavy atom. The summed E-state index contributed by atoms with van der Waals surface area (Å²) in [4.78, 5) is 16.2. The average Bonchev–Trinajstić information content (AvgIpc) is 3.24. The molecule has 7 rings (SSSR count). The van der Waals surface area contributed by atoms with Gasteiger partial charge in [0.25, 0.3) is 0 Å². The van der Waals surface area contributed by atoms with Gasteiger partial charge in [0, 0.05) is 37.7 Å². The minimum absolute atomic E-state index is 0.0159. The highest BCUT2D eigenvalue weighted by Crippen LogP contribution is 2.42. The molecule has 11 heteroatoms. The number of sulfonamides is 1. The molecule has 2 fully saturated rings. The Morgan fingerprint density at radius 2 is 1.47 bits per heavy atom. The van der Waals surface area contributed by atoms with Crippen LogP contribution in [0.15, 0.2) is 132 Å². The zero-order chi connectivity index (χ0) is 39.8. The van der Waals surface area contributed by atoms with Crippen molar-refractivity contribution in [2.45, 2.75) is 62.9 Å². The second kappa shape index (κ2) is 18.7. The number of carbonyl (C=O) groups is 1.